The number of ether oxygens (including phenoxy) is 2. The maximum Gasteiger partial charge on any atom is 0.418 e. The number of aromatic nitrogens is 2. The van der Waals surface area contributed by atoms with Crippen LogP contribution in [0, 0.1) is 0 Å². The van der Waals surface area contributed by atoms with Gasteiger partial charge in [0.05, 0.1) is 22.7 Å². The average Bonchev–Trinajstić information content (AvgIpc) is 3.59. The van der Waals surface area contributed by atoms with Gasteiger partial charge in [0.15, 0.2) is 0 Å². The van der Waals surface area contributed by atoms with E-state index in [4.69, 9.17) is 9.47 Å². The summed E-state index contributed by atoms with van der Waals surface area (Å²) in [7, 11) is -6.40. The summed E-state index contributed by atoms with van der Waals surface area (Å²) in [5.74, 6) is 0.296. The first kappa shape index (κ1) is 37.2. The monoisotopic (exact) mass is 719 g/mol. The van der Waals surface area contributed by atoms with Gasteiger partial charge in [0.25, 0.3) is 0 Å². The number of nitrogens with zero attached hydrogens (tertiary/aromatic N) is 2. The predicted octanol–water partition coefficient (Wildman–Crippen LogP) is 2.68. The van der Waals surface area contributed by atoms with Crippen molar-refractivity contribution in [1.29, 1.82) is 0 Å². The molecule has 4 N–H and O–H groups in total. The molecule has 45 heavy (non-hydrogen) atoms. The molecular weight excluding hydrogens is 686 g/mol. The summed E-state index contributed by atoms with van der Waals surface area (Å²) in [6.45, 7) is 0.734. The van der Waals surface area contributed by atoms with Crippen molar-refractivity contribution in [1.82, 2.24) is 24.3 Å². The van der Waals surface area contributed by atoms with Crippen LogP contribution in [-0.2, 0) is 31.0 Å². The minimum absolute atomic E-state index is 0. The van der Waals surface area contributed by atoms with Gasteiger partial charge in [-0.3, -0.25) is 0 Å². The Labute approximate surface area is 271 Å². The Bertz CT molecular complexity index is 1690. The minimum Gasteiger partial charge on any atom is -0.491 e. The van der Waals surface area contributed by atoms with E-state index in [1.54, 1.807) is 6.07 Å². The van der Waals surface area contributed by atoms with E-state index in [9.17, 15) is 35.1 Å². The highest BCUT2D eigenvalue weighted by atomic mass is 35.5. The molecule has 2 saturated heterocycles. The lowest BCUT2D eigenvalue weighted by molar-refractivity contribution is -0.136. The molecule has 0 saturated carbocycles. The van der Waals surface area contributed by atoms with Crippen LogP contribution in [-0.4, -0.2) is 93.9 Å². The van der Waals surface area contributed by atoms with Gasteiger partial charge < -0.3 is 24.9 Å². The molecule has 12 nitrogen and oxygen atoms in total. The quantitative estimate of drug-likeness (QED) is 0.247. The molecule has 2 fully saturated rings. The van der Waals surface area contributed by atoms with E-state index in [-0.39, 0.29) is 77.9 Å². The Morgan fingerprint density at radius 2 is 1.89 bits per heavy atom. The number of H-pyrrole nitrogens is 1. The van der Waals surface area contributed by atoms with Crippen LogP contribution in [0.4, 0.5) is 13.2 Å². The summed E-state index contributed by atoms with van der Waals surface area (Å²) in [4.78, 5) is 6.05. The van der Waals surface area contributed by atoms with Crippen LogP contribution < -0.4 is 14.8 Å². The number of aliphatic hydroxyl groups is 1. The van der Waals surface area contributed by atoms with Crippen LogP contribution in [0.2, 0.25) is 0 Å². The maximum atomic E-state index is 13.3. The third-order valence-corrected chi connectivity index (χ3v) is 11.0. The lowest BCUT2D eigenvalue weighted by atomic mass is 9.88. The largest absolute Gasteiger partial charge is 0.491 e. The van der Waals surface area contributed by atoms with Crippen LogP contribution in [0.5, 0.6) is 5.75 Å². The summed E-state index contributed by atoms with van der Waals surface area (Å²) in [5.41, 5.74) is -1.59. The van der Waals surface area contributed by atoms with Gasteiger partial charge in [-0.05, 0) is 44.5 Å². The summed E-state index contributed by atoms with van der Waals surface area (Å²) in [5, 5.41) is 13.3. The summed E-state index contributed by atoms with van der Waals surface area (Å²) in [6, 6.07) is 6.83. The van der Waals surface area contributed by atoms with Gasteiger partial charge in [-0.25, -0.2) is 26.5 Å². The van der Waals surface area contributed by atoms with E-state index in [1.807, 2.05) is 0 Å². The molecule has 0 aliphatic carbocycles. The van der Waals surface area contributed by atoms with Gasteiger partial charge in [-0.2, -0.15) is 17.5 Å². The SMILES string of the molecule is CNS(=O)(=O)c1cccc(OCC(O)CNC2COC3(CCN(S(=O)(=O)c4cnc5[nH]cc(C(F)(F)F)c5c4)CC3)C2)c1.Cl.Cl. The molecule has 3 aromatic rings. The molecule has 252 valence electrons. The van der Waals surface area contributed by atoms with Gasteiger partial charge in [0.1, 0.15) is 29.0 Å². The van der Waals surface area contributed by atoms with E-state index < -0.39 is 43.5 Å². The second-order valence-corrected chi connectivity index (χ2v) is 14.4. The summed E-state index contributed by atoms with van der Waals surface area (Å²) >= 11 is 0. The first-order chi connectivity index (χ1) is 20.2. The standard InChI is InChI=1S/C26H32F3N5O7S2.2ClH/c1-30-42(36,37)20-4-2-3-19(9-20)40-16-18(35)12-31-17-11-25(41-15-17)5-7-34(8-6-25)43(38,39)21-10-22-23(26(27,28)29)14-33-24(22)32-13-21;;/h2-4,9-10,13-14,17-18,30-31,35H,5-8,11-12,15-16H2,1H3,(H,32,33);2*1H. The molecule has 1 spiro atoms. The third kappa shape index (κ3) is 8.20. The number of rotatable bonds is 10. The number of hydrogen-bond acceptors (Lipinski definition) is 9. The van der Waals surface area contributed by atoms with Gasteiger partial charge in [-0.1, -0.05) is 6.07 Å². The fraction of sp³-hybridized carbons (Fsp3) is 0.500. The molecule has 5 rings (SSSR count). The summed E-state index contributed by atoms with van der Waals surface area (Å²) in [6.07, 6.45) is -2.34. The molecule has 2 aliphatic heterocycles. The van der Waals surface area contributed by atoms with Crippen molar-refractivity contribution in [3.63, 3.8) is 0 Å². The molecule has 19 heteroatoms. The smallest absolute Gasteiger partial charge is 0.418 e. The number of aliphatic hydroxyl groups excluding tert-OH is 1. The predicted molar refractivity (Wildman–Crippen MR) is 163 cm³/mol. The van der Waals surface area contributed by atoms with Gasteiger partial charge in [0.2, 0.25) is 20.0 Å². The first-order valence-corrected chi connectivity index (χ1v) is 16.4. The number of nitrogens with one attached hydrogen (secondary N) is 3. The van der Waals surface area contributed by atoms with Crippen LogP contribution in [0.15, 0.2) is 52.5 Å². The van der Waals surface area contributed by atoms with Gasteiger partial charge in [-0.15, -0.1) is 24.8 Å². The topological polar surface area (TPSA) is 163 Å². The van der Waals surface area contributed by atoms with Crippen molar-refractivity contribution >= 4 is 55.9 Å². The zero-order valence-corrected chi connectivity index (χ0v) is 27.2. The number of hydrogen-bond donors (Lipinski definition) is 4. The fourth-order valence-electron chi connectivity index (χ4n) is 5.37. The number of sulfonamides is 2. The Balaban J connectivity index is 0.00000276. The van der Waals surface area contributed by atoms with Crippen molar-refractivity contribution in [3.8, 4) is 5.75 Å². The van der Waals surface area contributed by atoms with E-state index in [1.165, 1.54) is 29.6 Å². The number of aromatic amines is 1. The van der Waals surface area contributed by atoms with Gasteiger partial charge in [0, 0.05) is 49.5 Å². The zero-order valence-electron chi connectivity index (χ0n) is 23.9. The van der Waals surface area contributed by atoms with Crippen molar-refractivity contribution in [3.05, 3.63) is 48.3 Å². The Kier molecular flexibility index (Phi) is 11.8. The number of fused-ring (bicyclic) bond motifs is 1. The minimum atomic E-state index is -4.66. The van der Waals surface area contributed by atoms with Crippen molar-refractivity contribution in [2.75, 3.05) is 39.9 Å². The molecule has 0 radical (unpaired) electrons. The van der Waals surface area contributed by atoms with E-state index in [0.29, 0.717) is 31.6 Å². The normalized spacial score (nSPS) is 19.6. The van der Waals surface area contributed by atoms with Crippen LogP contribution in [0.3, 0.4) is 0 Å². The highest BCUT2D eigenvalue weighted by Gasteiger charge is 2.45. The Morgan fingerprint density at radius 1 is 1.18 bits per heavy atom. The zero-order chi connectivity index (χ0) is 31.0. The Morgan fingerprint density at radius 3 is 2.56 bits per heavy atom. The first-order valence-electron chi connectivity index (χ1n) is 13.5. The molecule has 2 aromatic heterocycles. The van der Waals surface area contributed by atoms with E-state index in [0.717, 1.165) is 18.5 Å². The second kappa shape index (κ2) is 14.3. The van der Waals surface area contributed by atoms with Crippen LogP contribution in [0.1, 0.15) is 24.8 Å². The number of halogens is 5. The third-order valence-electron chi connectivity index (χ3n) is 7.76. The number of piperidine rings is 1. The molecule has 2 atom stereocenters. The lowest BCUT2D eigenvalue weighted by Crippen LogP contribution is -2.47. The average molecular weight is 721 g/mol. The van der Waals surface area contributed by atoms with Crippen LogP contribution >= 0.6 is 24.8 Å². The molecule has 4 heterocycles. The van der Waals surface area contributed by atoms with Crippen molar-refractivity contribution in [2.45, 2.75) is 53.0 Å². The maximum absolute atomic E-state index is 13.3. The number of benzene rings is 1. The van der Waals surface area contributed by atoms with E-state index >= 15 is 0 Å². The molecule has 2 aliphatic rings. The van der Waals surface area contributed by atoms with Crippen molar-refractivity contribution in [2.24, 2.45) is 0 Å². The molecule has 1 aromatic carbocycles. The lowest BCUT2D eigenvalue weighted by Gasteiger charge is -2.38. The highest BCUT2D eigenvalue weighted by molar-refractivity contribution is 7.89. The van der Waals surface area contributed by atoms with Gasteiger partial charge >= 0.3 is 6.18 Å². The summed E-state index contributed by atoms with van der Waals surface area (Å²) < 4.78 is 106. The van der Waals surface area contributed by atoms with Crippen molar-refractivity contribution < 1.29 is 44.6 Å². The van der Waals surface area contributed by atoms with E-state index in [2.05, 4.69) is 20.0 Å². The second-order valence-electron chi connectivity index (χ2n) is 10.6. The molecule has 0 amide bonds. The Hall–Kier alpha value is -2.22. The molecule has 0 bridgehead atoms. The fourth-order valence-corrected chi connectivity index (χ4v) is 7.55. The van der Waals surface area contributed by atoms with Crippen LogP contribution in [0.25, 0.3) is 11.0 Å². The highest BCUT2D eigenvalue weighted by Crippen LogP contribution is 2.38. The number of alkyl halides is 3. The number of pyridine rings is 1. The molecule has 2 unspecified atom stereocenters. The molecular formula is C26H34Cl2F3N5O7S2.